The quantitative estimate of drug-likeness (QED) is 0.471. The summed E-state index contributed by atoms with van der Waals surface area (Å²) in [6.07, 6.45) is 2.91. The maximum absolute atomic E-state index is 14.0. The summed E-state index contributed by atoms with van der Waals surface area (Å²) in [6.45, 7) is -0.146. The molecule has 29 heavy (non-hydrogen) atoms. The lowest BCUT2D eigenvalue weighted by molar-refractivity contribution is -0.384. The van der Waals surface area contributed by atoms with Crippen molar-refractivity contribution in [2.75, 3.05) is 0 Å². The molecule has 0 N–H and O–H groups in total. The van der Waals surface area contributed by atoms with Gasteiger partial charge in [0.15, 0.2) is 0 Å². The van der Waals surface area contributed by atoms with Crippen LogP contribution in [0.4, 0.5) is 10.1 Å². The van der Waals surface area contributed by atoms with Crippen molar-refractivity contribution in [3.8, 4) is 0 Å². The Bertz CT molecular complexity index is 1170. The molecule has 3 aromatic rings. The van der Waals surface area contributed by atoms with Crippen molar-refractivity contribution in [1.82, 2.24) is 14.5 Å². The molecule has 0 saturated heterocycles. The number of nitro groups is 1. The number of benzene rings is 2. The van der Waals surface area contributed by atoms with Crippen LogP contribution in [0.15, 0.2) is 53.6 Å². The third kappa shape index (κ3) is 3.84. The molecule has 1 saturated carbocycles. The molecule has 1 aliphatic rings. The second-order valence-electron chi connectivity index (χ2n) is 6.98. The molecule has 0 atom stereocenters. The third-order valence-corrected chi connectivity index (χ3v) is 4.93. The van der Waals surface area contributed by atoms with Crippen LogP contribution in [-0.4, -0.2) is 31.3 Å². The van der Waals surface area contributed by atoms with Crippen molar-refractivity contribution in [2.45, 2.75) is 32.0 Å². The number of carbonyl (C=O) groups is 1. The minimum atomic E-state index is -0.593. The van der Waals surface area contributed by atoms with Crippen LogP contribution in [0.25, 0.3) is 10.9 Å². The Balaban J connectivity index is 1.61. The highest BCUT2D eigenvalue weighted by Crippen LogP contribution is 2.29. The third-order valence-electron chi connectivity index (χ3n) is 4.93. The number of nitro benzene ring substituents is 1. The van der Waals surface area contributed by atoms with Crippen LogP contribution in [0, 0.1) is 15.9 Å². The van der Waals surface area contributed by atoms with Crippen molar-refractivity contribution in [2.24, 2.45) is 0 Å². The molecule has 1 aliphatic carbocycles. The Kier molecular flexibility index (Phi) is 4.79. The van der Waals surface area contributed by atoms with Gasteiger partial charge in [0.1, 0.15) is 12.4 Å². The van der Waals surface area contributed by atoms with Crippen molar-refractivity contribution < 1.29 is 14.1 Å². The molecule has 9 heteroatoms. The van der Waals surface area contributed by atoms with E-state index in [2.05, 4.69) is 4.98 Å². The molecule has 1 heterocycles. The summed E-state index contributed by atoms with van der Waals surface area (Å²) in [5, 5.41) is 11.0. The van der Waals surface area contributed by atoms with Gasteiger partial charge in [-0.15, -0.1) is 0 Å². The predicted octanol–water partition coefficient (Wildman–Crippen LogP) is 2.64. The minimum absolute atomic E-state index is 0.0207. The predicted molar refractivity (Wildman–Crippen MR) is 103 cm³/mol. The van der Waals surface area contributed by atoms with E-state index < -0.39 is 10.5 Å². The molecule has 0 bridgehead atoms. The van der Waals surface area contributed by atoms with E-state index in [1.54, 1.807) is 23.1 Å². The number of non-ortho nitro benzene ring substituents is 1. The van der Waals surface area contributed by atoms with Gasteiger partial charge < -0.3 is 4.90 Å². The summed E-state index contributed by atoms with van der Waals surface area (Å²) in [6, 6.07) is 10.1. The van der Waals surface area contributed by atoms with Gasteiger partial charge in [-0.05, 0) is 25.0 Å². The van der Waals surface area contributed by atoms with E-state index >= 15 is 0 Å². The number of carbonyl (C=O) groups excluding carboxylic acids is 1. The largest absolute Gasteiger partial charge is 0.334 e. The highest BCUT2D eigenvalue weighted by Gasteiger charge is 2.33. The van der Waals surface area contributed by atoms with E-state index in [1.165, 1.54) is 24.5 Å². The Morgan fingerprint density at radius 1 is 1.28 bits per heavy atom. The standard InChI is InChI=1S/C20H17FN4O4/c21-17-4-2-1-3-13(17)10-24(14-5-6-14)19(26)11-23-12-22-18-8-7-15(25(28)29)9-16(18)20(23)27/h1-4,7-9,12,14H,5-6,10-11H2. The molecule has 148 valence electrons. The van der Waals surface area contributed by atoms with Crippen molar-refractivity contribution >= 4 is 22.5 Å². The number of aromatic nitrogens is 2. The second-order valence-corrected chi connectivity index (χ2v) is 6.98. The first-order chi connectivity index (χ1) is 13.9. The number of rotatable bonds is 6. The van der Waals surface area contributed by atoms with Crippen LogP contribution in [-0.2, 0) is 17.9 Å². The highest BCUT2D eigenvalue weighted by molar-refractivity contribution is 5.81. The zero-order valence-corrected chi connectivity index (χ0v) is 15.3. The topological polar surface area (TPSA) is 98.3 Å². The van der Waals surface area contributed by atoms with Crippen molar-refractivity contribution in [3.05, 3.63) is 80.6 Å². The first-order valence-corrected chi connectivity index (χ1v) is 9.10. The van der Waals surface area contributed by atoms with E-state index in [1.807, 2.05) is 0 Å². The van der Waals surface area contributed by atoms with Crippen molar-refractivity contribution in [3.63, 3.8) is 0 Å². The second kappa shape index (κ2) is 7.42. The number of hydrogen-bond acceptors (Lipinski definition) is 5. The van der Waals surface area contributed by atoms with Gasteiger partial charge in [-0.2, -0.15) is 0 Å². The molecule has 0 spiro atoms. The van der Waals surface area contributed by atoms with Gasteiger partial charge >= 0.3 is 0 Å². The normalized spacial score (nSPS) is 13.4. The molecule has 0 unspecified atom stereocenters. The summed E-state index contributed by atoms with van der Waals surface area (Å²) in [5.41, 5.74) is -0.0320. The molecule has 2 aromatic carbocycles. The summed E-state index contributed by atoms with van der Waals surface area (Å²) in [7, 11) is 0. The Hall–Kier alpha value is -3.62. The van der Waals surface area contributed by atoms with Crippen LogP contribution in [0.3, 0.4) is 0 Å². The fraction of sp³-hybridized carbons (Fsp3) is 0.250. The van der Waals surface area contributed by atoms with Gasteiger partial charge in [0, 0.05) is 30.3 Å². The Labute approximate surface area is 164 Å². The van der Waals surface area contributed by atoms with Gasteiger partial charge in [-0.1, -0.05) is 18.2 Å². The maximum Gasteiger partial charge on any atom is 0.270 e. The van der Waals surface area contributed by atoms with E-state index in [4.69, 9.17) is 0 Å². The number of nitrogens with zero attached hydrogens (tertiary/aromatic N) is 4. The molecule has 1 amide bonds. The van der Waals surface area contributed by atoms with Gasteiger partial charge in [0.05, 0.1) is 22.2 Å². The van der Waals surface area contributed by atoms with Gasteiger partial charge in [-0.25, -0.2) is 9.37 Å². The van der Waals surface area contributed by atoms with E-state index in [0.29, 0.717) is 11.1 Å². The SMILES string of the molecule is O=C(Cn1cnc2ccc([N+](=O)[O-])cc2c1=O)N(Cc1ccccc1F)C1CC1. The van der Waals surface area contributed by atoms with Gasteiger partial charge in [0.2, 0.25) is 5.91 Å². The summed E-state index contributed by atoms with van der Waals surface area (Å²) < 4.78 is 15.1. The smallest absolute Gasteiger partial charge is 0.270 e. The average Bonchev–Trinajstić information content (AvgIpc) is 3.54. The lowest BCUT2D eigenvalue weighted by Crippen LogP contribution is -2.37. The van der Waals surface area contributed by atoms with E-state index in [0.717, 1.165) is 23.5 Å². The number of halogens is 1. The number of hydrogen-bond donors (Lipinski definition) is 0. The number of amides is 1. The fourth-order valence-corrected chi connectivity index (χ4v) is 3.23. The molecular formula is C20H17FN4O4. The first kappa shape index (κ1) is 18.7. The molecule has 0 radical (unpaired) electrons. The fourth-order valence-electron chi connectivity index (χ4n) is 3.23. The summed E-state index contributed by atoms with van der Waals surface area (Å²) in [5.74, 6) is -0.716. The zero-order valence-electron chi connectivity index (χ0n) is 15.3. The van der Waals surface area contributed by atoms with Gasteiger partial charge in [-0.3, -0.25) is 24.3 Å². The molecule has 8 nitrogen and oxygen atoms in total. The van der Waals surface area contributed by atoms with Crippen LogP contribution in [0.1, 0.15) is 18.4 Å². The Morgan fingerprint density at radius 3 is 2.72 bits per heavy atom. The van der Waals surface area contributed by atoms with E-state index in [9.17, 15) is 24.1 Å². The van der Waals surface area contributed by atoms with Crippen LogP contribution in [0.5, 0.6) is 0 Å². The molecule has 4 rings (SSSR count). The minimum Gasteiger partial charge on any atom is -0.334 e. The lowest BCUT2D eigenvalue weighted by Gasteiger charge is -2.23. The maximum atomic E-state index is 14.0. The number of fused-ring (bicyclic) bond motifs is 1. The zero-order chi connectivity index (χ0) is 20.5. The summed E-state index contributed by atoms with van der Waals surface area (Å²) >= 11 is 0. The molecule has 1 aromatic heterocycles. The van der Waals surface area contributed by atoms with Gasteiger partial charge in [0.25, 0.3) is 11.2 Å². The highest BCUT2D eigenvalue weighted by atomic mass is 19.1. The molecular weight excluding hydrogens is 379 g/mol. The van der Waals surface area contributed by atoms with Crippen LogP contribution >= 0.6 is 0 Å². The Morgan fingerprint density at radius 2 is 2.03 bits per heavy atom. The lowest BCUT2D eigenvalue weighted by atomic mass is 10.2. The average molecular weight is 396 g/mol. The monoisotopic (exact) mass is 396 g/mol. The van der Waals surface area contributed by atoms with Crippen LogP contribution < -0.4 is 5.56 Å². The summed E-state index contributed by atoms with van der Waals surface area (Å²) in [4.78, 5) is 41.7. The van der Waals surface area contributed by atoms with Crippen molar-refractivity contribution in [1.29, 1.82) is 0 Å². The van der Waals surface area contributed by atoms with E-state index in [-0.39, 0.29) is 41.9 Å². The first-order valence-electron chi connectivity index (χ1n) is 9.10. The molecule has 0 aliphatic heterocycles. The van der Waals surface area contributed by atoms with Crippen LogP contribution in [0.2, 0.25) is 0 Å². The molecule has 1 fully saturated rings.